The summed E-state index contributed by atoms with van der Waals surface area (Å²) in [6.45, 7) is 6.57. The number of carbonyl (C=O) groups excluding carboxylic acids is 2. The molecule has 1 aliphatic heterocycles. The van der Waals surface area contributed by atoms with Gasteiger partial charge < -0.3 is 19.7 Å². The quantitative estimate of drug-likeness (QED) is 0.737. The molecule has 8 heteroatoms. The molecule has 1 saturated heterocycles. The van der Waals surface area contributed by atoms with Gasteiger partial charge in [0, 0.05) is 23.6 Å². The van der Waals surface area contributed by atoms with E-state index >= 15 is 0 Å². The van der Waals surface area contributed by atoms with E-state index in [-0.39, 0.29) is 11.6 Å². The first kappa shape index (κ1) is 20.5. The van der Waals surface area contributed by atoms with Crippen LogP contribution in [0.1, 0.15) is 44.0 Å². The second-order valence-electron chi connectivity index (χ2n) is 7.18. The maximum absolute atomic E-state index is 14.3. The number of hydrogen-bond donors (Lipinski definition) is 1. The lowest BCUT2D eigenvalue weighted by molar-refractivity contribution is 0.0496. The van der Waals surface area contributed by atoms with E-state index in [4.69, 9.17) is 9.47 Å². The van der Waals surface area contributed by atoms with Gasteiger partial charge in [0.25, 0.3) is 0 Å². The highest BCUT2D eigenvalue weighted by atomic mass is 79.9. The summed E-state index contributed by atoms with van der Waals surface area (Å²) in [5, 5.41) is 2.86. The Morgan fingerprint density at radius 2 is 1.88 bits per heavy atom. The molecule has 1 amide bonds. The molecular weight excluding hydrogens is 407 g/mol. The fourth-order valence-electron chi connectivity index (χ4n) is 2.85. The maximum atomic E-state index is 14.3. The summed E-state index contributed by atoms with van der Waals surface area (Å²) in [5.74, 6) is -1.34. The van der Waals surface area contributed by atoms with Crippen LogP contribution in [0.3, 0.4) is 0 Å². The lowest BCUT2D eigenvalue weighted by Crippen LogP contribution is -2.46. The molecule has 1 aromatic carbocycles. The number of rotatable bonds is 3. The number of anilines is 1. The van der Waals surface area contributed by atoms with E-state index in [2.05, 4.69) is 21.2 Å². The van der Waals surface area contributed by atoms with Crippen molar-refractivity contribution in [1.29, 1.82) is 0 Å². The van der Waals surface area contributed by atoms with Crippen LogP contribution in [0, 0.1) is 5.82 Å². The highest BCUT2D eigenvalue weighted by molar-refractivity contribution is 9.10. The minimum Gasteiger partial charge on any atom is -0.465 e. The molecule has 6 nitrogen and oxygen atoms in total. The second-order valence-corrected chi connectivity index (χ2v) is 8.10. The molecular formula is C18H24BrFN2O4. The second kappa shape index (κ2) is 8.24. The van der Waals surface area contributed by atoms with Gasteiger partial charge >= 0.3 is 12.1 Å². The summed E-state index contributed by atoms with van der Waals surface area (Å²) in [6.07, 6.45) is 0.877. The Bertz CT molecular complexity index is 683. The predicted molar refractivity (Wildman–Crippen MR) is 100 cm³/mol. The van der Waals surface area contributed by atoms with E-state index in [0.717, 1.165) is 0 Å². The Morgan fingerprint density at radius 3 is 2.42 bits per heavy atom. The van der Waals surface area contributed by atoms with Crippen LogP contribution in [0.5, 0.6) is 0 Å². The standard InChI is InChI=1S/C18H24BrFN2O4/c1-18(2,3)26-17(24)21-12-5-7-22(8-6-12)14-10-11(19)9-13(20)15(14)16(23)25-4/h9-10,12H,5-8H2,1-4H3,(H,21,24). The zero-order valence-electron chi connectivity index (χ0n) is 15.4. The number of esters is 1. The SMILES string of the molecule is COC(=O)c1c(F)cc(Br)cc1N1CCC(NC(=O)OC(C)(C)C)CC1. The van der Waals surface area contributed by atoms with Crippen molar-refractivity contribution >= 4 is 33.7 Å². The minimum absolute atomic E-state index is 0.0281. The van der Waals surface area contributed by atoms with Crippen molar-refractivity contribution in [2.24, 2.45) is 0 Å². The summed E-state index contributed by atoms with van der Waals surface area (Å²) in [6, 6.07) is 2.92. The van der Waals surface area contributed by atoms with Gasteiger partial charge in [0.15, 0.2) is 0 Å². The van der Waals surface area contributed by atoms with E-state index in [9.17, 15) is 14.0 Å². The van der Waals surface area contributed by atoms with E-state index in [0.29, 0.717) is 36.1 Å². The number of alkyl carbamates (subject to hydrolysis) is 1. The average Bonchev–Trinajstić information content (AvgIpc) is 2.52. The van der Waals surface area contributed by atoms with Gasteiger partial charge in [-0.15, -0.1) is 0 Å². The Hall–Kier alpha value is -1.83. The molecule has 26 heavy (non-hydrogen) atoms. The molecule has 0 bridgehead atoms. The topological polar surface area (TPSA) is 67.9 Å². The molecule has 1 heterocycles. The molecule has 2 rings (SSSR count). The van der Waals surface area contributed by atoms with Gasteiger partial charge in [-0.2, -0.15) is 0 Å². The van der Waals surface area contributed by atoms with Crippen LogP contribution in [-0.4, -0.2) is 43.9 Å². The minimum atomic E-state index is -0.709. The highest BCUT2D eigenvalue weighted by Crippen LogP contribution is 2.30. The maximum Gasteiger partial charge on any atom is 0.407 e. The molecule has 0 aromatic heterocycles. The first-order valence-electron chi connectivity index (χ1n) is 8.42. The zero-order valence-corrected chi connectivity index (χ0v) is 17.0. The van der Waals surface area contributed by atoms with Crippen molar-refractivity contribution in [2.45, 2.75) is 45.3 Å². The van der Waals surface area contributed by atoms with Crippen LogP contribution in [0.2, 0.25) is 0 Å². The van der Waals surface area contributed by atoms with Crippen molar-refractivity contribution in [3.8, 4) is 0 Å². The number of piperidine rings is 1. The number of amides is 1. The van der Waals surface area contributed by atoms with Gasteiger partial charge in [0.2, 0.25) is 0 Å². The fraction of sp³-hybridized carbons (Fsp3) is 0.556. The molecule has 1 fully saturated rings. The van der Waals surface area contributed by atoms with E-state index in [1.807, 2.05) is 25.7 Å². The third kappa shape index (κ3) is 5.33. The zero-order chi connectivity index (χ0) is 19.5. The first-order valence-corrected chi connectivity index (χ1v) is 9.22. The van der Waals surface area contributed by atoms with Crippen molar-refractivity contribution in [3.05, 3.63) is 28.0 Å². The molecule has 1 N–H and O–H groups in total. The summed E-state index contributed by atoms with van der Waals surface area (Å²) >= 11 is 3.26. The lowest BCUT2D eigenvalue weighted by atomic mass is 10.0. The predicted octanol–water partition coefficient (Wildman–Crippen LogP) is 3.87. The van der Waals surface area contributed by atoms with E-state index in [1.54, 1.807) is 6.07 Å². The van der Waals surface area contributed by atoms with Crippen molar-refractivity contribution in [2.75, 3.05) is 25.1 Å². The monoisotopic (exact) mass is 430 g/mol. The summed E-state index contributed by atoms with van der Waals surface area (Å²) in [4.78, 5) is 25.8. The fourth-order valence-corrected chi connectivity index (χ4v) is 3.27. The Kier molecular flexibility index (Phi) is 6.49. The van der Waals surface area contributed by atoms with Crippen LogP contribution in [0.25, 0.3) is 0 Å². The third-order valence-corrected chi connectivity index (χ3v) is 4.44. The van der Waals surface area contributed by atoms with Crippen LogP contribution < -0.4 is 10.2 Å². The van der Waals surface area contributed by atoms with Crippen molar-refractivity contribution < 1.29 is 23.5 Å². The lowest BCUT2D eigenvalue weighted by Gasteiger charge is -2.35. The molecule has 144 valence electrons. The smallest absolute Gasteiger partial charge is 0.407 e. The van der Waals surface area contributed by atoms with Gasteiger partial charge in [-0.3, -0.25) is 0 Å². The molecule has 0 spiro atoms. The van der Waals surface area contributed by atoms with Crippen LogP contribution in [0.15, 0.2) is 16.6 Å². The summed E-state index contributed by atoms with van der Waals surface area (Å²) in [7, 11) is 1.23. The van der Waals surface area contributed by atoms with Gasteiger partial charge in [0.05, 0.1) is 12.8 Å². The van der Waals surface area contributed by atoms with Gasteiger partial charge in [-0.1, -0.05) is 15.9 Å². The number of benzene rings is 1. The highest BCUT2D eigenvalue weighted by Gasteiger charge is 2.27. The van der Waals surface area contributed by atoms with E-state index in [1.165, 1.54) is 13.2 Å². The number of nitrogens with one attached hydrogen (secondary N) is 1. The summed E-state index contributed by atoms with van der Waals surface area (Å²) in [5.41, 5.74) is -0.137. The van der Waals surface area contributed by atoms with Crippen LogP contribution in [-0.2, 0) is 9.47 Å². The van der Waals surface area contributed by atoms with Gasteiger partial charge in [-0.05, 0) is 45.7 Å². The van der Waals surface area contributed by atoms with Crippen molar-refractivity contribution in [3.63, 3.8) is 0 Å². The normalized spacial score (nSPS) is 15.5. The van der Waals surface area contributed by atoms with Crippen molar-refractivity contribution in [1.82, 2.24) is 5.32 Å². The molecule has 0 radical (unpaired) electrons. The summed E-state index contributed by atoms with van der Waals surface area (Å²) < 4.78 is 24.8. The Balaban J connectivity index is 2.06. The van der Waals surface area contributed by atoms with Crippen LogP contribution >= 0.6 is 15.9 Å². The third-order valence-electron chi connectivity index (χ3n) is 3.98. The number of hydrogen-bond acceptors (Lipinski definition) is 5. The first-order chi connectivity index (χ1) is 12.1. The molecule has 0 aliphatic carbocycles. The molecule has 0 unspecified atom stereocenters. The number of ether oxygens (including phenoxy) is 2. The molecule has 0 saturated carbocycles. The van der Waals surface area contributed by atoms with Gasteiger partial charge in [-0.25, -0.2) is 14.0 Å². The number of nitrogens with zero attached hydrogens (tertiary/aromatic N) is 1. The molecule has 1 aromatic rings. The largest absolute Gasteiger partial charge is 0.465 e. The Labute approximate surface area is 161 Å². The number of methoxy groups -OCH3 is 1. The number of carbonyl (C=O) groups is 2. The Morgan fingerprint density at radius 1 is 1.27 bits per heavy atom. The van der Waals surface area contributed by atoms with Gasteiger partial charge in [0.1, 0.15) is 17.0 Å². The van der Waals surface area contributed by atoms with E-state index < -0.39 is 23.5 Å². The molecule has 0 atom stereocenters. The number of halogens is 2. The average molecular weight is 431 g/mol. The molecule has 1 aliphatic rings. The van der Waals surface area contributed by atoms with Crippen LogP contribution in [0.4, 0.5) is 14.9 Å².